The lowest BCUT2D eigenvalue weighted by molar-refractivity contribution is -0.385. The number of hydrogen-bond donors (Lipinski definition) is 1. The Balaban J connectivity index is 1.47. The van der Waals surface area contributed by atoms with Gasteiger partial charge in [-0.2, -0.15) is 8.42 Å². The number of anilines is 1. The van der Waals surface area contributed by atoms with Gasteiger partial charge in [-0.1, -0.05) is 55.0 Å². The van der Waals surface area contributed by atoms with Crippen LogP contribution in [0.1, 0.15) is 53.6 Å². The van der Waals surface area contributed by atoms with Crippen LogP contribution in [0.2, 0.25) is 0 Å². The molecular formula is C31H28N2O11S. The van der Waals surface area contributed by atoms with Gasteiger partial charge in [0.25, 0.3) is 5.91 Å². The number of nitro benzene ring substituents is 1. The van der Waals surface area contributed by atoms with E-state index < -0.39 is 62.3 Å². The van der Waals surface area contributed by atoms with E-state index in [2.05, 4.69) is 9.50 Å². The lowest BCUT2D eigenvalue weighted by Crippen LogP contribution is -2.18. The number of carbonyl (C=O) groups is 4. The van der Waals surface area contributed by atoms with Crippen LogP contribution in [0.25, 0.3) is 5.57 Å². The number of rotatable bonds is 13. The van der Waals surface area contributed by atoms with Crippen LogP contribution in [0.5, 0.6) is 5.75 Å². The van der Waals surface area contributed by atoms with Gasteiger partial charge in [-0.25, -0.2) is 4.79 Å². The molecule has 1 aliphatic rings. The molecule has 0 aliphatic carbocycles. The number of esters is 3. The van der Waals surface area contributed by atoms with Gasteiger partial charge in [-0.05, 0) is 37.0 Å². The number of para-hydroxylation sites is 1. The largest absolute Gasteiger partial charge is 0.430 e. The van der Waals surface area contributed by atoms with Crippen LogP contribution in [0.15, 0.2) is 78.6 Å². The minimum absolute atomic E-state index is 0.00865. The fourth-order valence-corrected chi connectivity index (χ4v) is 4.99. The molecule has 1 aliphatic heterocycles. The van der Waals surface area contributed by atoms with Crippen LogP contribution >= 0.6 is 0 Å². The van der Waals surface area contributed by atoms with Gasteiger partial charge in [0.05, 0.1) is 22.3 Å². The van der Waals surface area contributed by atoms with Crippen molar-refractivity contribution in [3.05, 3.63) is 105 Å². The van der Waals surface area contributed by atoms with Gasteiger partial charge in [0.15, 0.2) is 0 Å². The molecule has 0 aromatic heterocycles. The average molecular weight is 637 g/mol. The average Bonchev–Trinajstić information content (AvgIpc) is 3.31. The number of hydrogen-bond acceptors (Lipinski definition) is 11. The number of aryl methyl sites for hydroxylation is 1. The summed E-state index contributed by atoms with van der Waals surface area (Å²) in [4.78, 5) is 61.6. The quantitative estimate of drug-likeness (QED) is 0.0400. The summed E-state index contributed by atoms with van der Waals surface area (Å²) in [6.07, 6.45) is 2.79. The Morgan fingerprint density at radius 3 is 2.31 bits per heavy atom. The Kier molecular flexibility index (Phi) is 10.4. The van der Waals surface area contributed by atoms with Gasteiger partial charge >= 0.3 is 33.7 Å². The Hall–Kier alpha value is -5.37. The van der Waals surface area contributed by atoms with E-state index in [0.29, 0.717) is 23.9 Å². The number of nitrogens with one attached hydrogen (secondary N) is 1. The number of ether oxygens (including phenoxy) is 2. The zero-order valence-corrected chi connectivity index (χ0v) is 24.8. The van der Waals surface area contributed by atoms with Crippen molar-refractivity contribution in [3.63, 3.8) is 0 Å². The van der Waals surface area contributed by atoms with Crippen LogP contribution < -0.4 is 9.50 Å². The monoisotopic (exact) mass is 636 g/mol. The van der Waals surface area contributed by atoms with Crippen molar-refractivity contribution in [2.24, 2.45) is 0 Å². The highest BCUT2D eigenvalue weighted by Crippen LogP contribution is 2.35. The van der Waals surface area contributed by atoms with Crippen molar-refractivity contribution in [1.82, 2.24) is 0 Å². The highest BCUT2D eigenvalue weighted by atomic mass is 32.2. The van der Waals surface area contributed by atoms with Crippen LogP contribution in [-0.4, -0.2) is 43.4 Å². The molecule has 14 heteroatoms. The van der Waals surface area contributed by atoms with Gasteiger partial charge in [0.1, 0.15) is 12.2 Å². The van der Waals surface area contributed by atoms with Gasteiger partial charge in [0, 0.05) is 29.8 Å². The van der Waals surface area contributed by atoms with Crippen molar-refractivity contribution in [2.75, 3.05) is 11.6 Å². The Labute approximate surface area is 258 Å². The summed E-state index contributed by atoms with van der Waals surface area (Å²) >= 11 is 0. The van der Waals surface area contributed by atoms with Crippen molar-refractivity contribution in [3.8, 4) is 5.75 Å². The zero-order chi connectivity index (χ0) is 32.6. The lowest BCUT2D eigenvalue weighted by Gasteiger charge is -2.12. The van der Waals surface area contributed by atoms with Gasteiger partial charge in [0.2, 0.25) is 5.75 Å². The number of unbranched alkanes of at least 4 members (excludes halogenated alkanes) is 2. The fourth-order valence-electron chi connectivity index (χ4n) is 4.53. The van der Waals surface area contributed by atoms with Gasteiger partial charge < -0.3 is 19.0 Å². The maximum atomic E-state index is 12.9. The maximum Gasteiger partial charge on any atom is 0.345 e. The second-order valence-corrected chi connectivity index (χ2v) is 11.6. The van der Waals surface area contributed by atoms with Crippen LogP contribution in [0.3, 0.4) is 0 Å². The van der Waals surface area contributed by atoms with E-state index in [4.69, 9.17) is 9.47 Å². The van der Waals surface area contributed by atoms with Gasteiger partial charge in [-0.15, -0.1) is 0 Å². The normalized spacial score (nSPS) is 13.3. The topological polar surface area (TPSA) is 185 Å². The lowest BCUT2D eigenvalue weighted by atomic mass is 10.0. The highest BCUT2D eigenvalue weighted by Gasteiger charge is 2.31. The molecule has 45 heavy (non-hydrogen) atoms. The molecule has 3 aromatic rings. The molecule has 0 unspecified atom stereocenters. The van der Waals surface area contributed by atoms with E-state index in [9.17, 15) is 37.7 Å². The molecule has 4 rings (SSSR count). The predicted octanol–water partition coefficient (Wildman–Crippen LogP) is 4.72. The number of benzene rings is 3. The van der Waals surface area contributed by atoms with Gasteiger partial charge in [-0.3, -0.25) is 24.5 Å². The number of fused-ring (bicyclic) bond motifs is 1. The SMILES string of the molecule is CS(=O)(=O)Oc1cc(C(=O)OC(=O)CC(OC(=O)CCCCCc2ccccc2)=C2C(=O)Nc3ccccc32)ccc1[N+](=O)[O-]. The third kappa shape index (κ3) is 9.06. The Morgan fingerprint density at radius 2 is 1.60 bits per heavy atom. The fraction of sp³-hybridized carbons (Fsp3) is 0.226. The third-order valence-corrected chi connectivity index (χ3v) is 7.00. The molecule has 234 valence electrons. The second-order valence-electron chi connectivity index (χ2n) is 9.98. The first-order valence-corrected chi connectivity index (χ1v) is 15.5. The molecule has 0 spiro atoms. The second kappa shape index (κ2) is 14.4. The Morgan fingerprint density at radius 1 is 0.889 bits per heavy atom. The predicted molar refractivity (Wildman–Crippen MR) is 160 cm³/mol. The molecule has 0 atom stereocenters. The minimum atomic E-state index is -4.20. The maximum absolute atomic E-state index is 12.9. The van der Waals surface area contributed by atoms with E-state index in [1.165, 1.54) is 5.56 Å². The van der Waals surface area contributed by atoms with E-state index in [0.717, 1.165) is 37.5 Å². The van der Waals surface area contributed by atoms with E-state index >= 15 is 0 Å². The van der Waals surface area contributed by atoms with Crippen molar-refractivity contribution in [2.45, 2.75) is 38.5 Å². The molecule has 0 saturated carbocycles. The Bertz CT molecular complexity index is 1780. The first-order chi connectivity index (χ1) is 21.4. The molecule has 0 bridgehead atoms. The summed E-state index contributed by atoms with van der Waals surface area (Å²) in [6, 6.07) is 18.9. The molecule has 1 heterocycles. The van der Waals surface area contributed by atoms with E-state index in [1.807, 2.05) is 30.3 Å². The highest BCUT2D eigenvalue weighted by molar-refractivity contribution is 7.86. The molecular weight excluding hydrogens is 608 g/mol. The zero-order valence-electron chi connectivity index (χ0n) is 24.0. The number of carbonyl (C=O) groups excluding carboxylic acids is 4. The summed E-state index contributed by atoms with van der Waals surface area (Å²) in [6.45, 7) is 0. The molecule has 13 nitrogen and oxygen atoms in total. The van der Waals surface area contributed by atoms with Crippen molar-refractivity contribution in [1.29, 1.82) is 0 Å². The molecule has 0 saturated heterocycles. The first kappa shape index (κ1) is 32.5. The molecule has 3 aromatic carbocycles. The number of nitro groups is 1. The minimum Gasteiger partial charge on any atom is -0.430 e. The first-order valence-electron chi connectivity index (χ1n) is 13.7. The van der Waals surface area contributed by atoms with E-state index in [-0.39, 0.29) is 17.8 Å². The van der Waals surface area contributed by atoms with Crippen LogP contribution in [0, 0.1) is 10.1 Å². The molecule has 1 amide bonds. The van der Waals surface area contributed by atoms with Crippen LogP contribution in [0.4, 0.5) is 11.4 Å². The van der Waals surface area contributed by atoms with E-state index in [1.54, 1.807) is 24.3 Å². The molecule has 1 N–H and O–H groups in total. The number of nitrogens with zero attached hydrogens (tertiary/aromatic N) is 1. The molecule has 0 radical (unpaired) electrons. The smallest absolute Gasteiger partial charge is 0.345 e. The standard InChI is InChI=1S/C31H28N2O11S/c1-45(40,41)44-25-18-21(16-17-24(25)33(38)39)31(37)43-28(35)19-26(29-22-13-8-9-14-23(22)32-30(29)36)42-27(34)15-7-3-6-12-20-10-4-2-5-11-20/h2,4-5,8-11,13-14,16-18H,3,6-7,12,15,19H2,1H3,(H,32,36). The summed E-state index contributed by atoms with van der Waals surface area (Å²) in [5.41, 5.74) is 0.739. The number of amides is 1. The molecule has 0 fully saturated rings. The summed E-state index contributed by atoms with van der Waals surface area (Å²) in [5, 5.41) is 13.9. The van der Waals surface area contributed by atoms with Crippen LogP contribution in [-0.2, 0) is 40.4 Å². The summed E-state index contributed by atoms with van der Waals surface area (Å²) in [7, 11) is -4.20. The van der Waals surface area contributed by atoms with Crippen molar-refractivity contribution < 1.29 is 46.2 Å². The third-order valence-electron chi connectivity index (χ3n) is 6.52. The summed E-state index contributed by atoms with van der Waals surface area (Å²) < 4.78 is 38.1. The summed E-state index contributed by atoms with van der Waals surface area (Å²) in [5.74, 6) is -4.90. The van der Waals surface area contributed by atoms with Crippen molar-refractivity contribution >= 4 is 50.9 Å².